The van der Waals surface area contributed by atoms with Gasteiger partial charge in [0.1, 0.15) is 5.52 Å². The van der Waals surface area contributed by atoms with E-state index >= 15 is 0 Å². The van der Waals surface area contributed by atoms with Crippen molar-refractivity contribution in [2.45, 2.75) is 26.4 Å². The minimum atomic E-state index is 0.187. The summed E-state index contributed by atoms with van der Waals surface area (Å²) in [4.78, 5) is 4.39. The summed E-state index contributed by atoms with van der Waals surface area (Å²) in [6, 6.07) is 8.48. The number of para-hydroxylation sites is 2. The average molecular weight is 256 g/mol. The van der Waals surface area contributed by atoms with E-state index in [1.165, 1.54) is 0 Å². The van der Waals surface area contributed by atoms with Crippen molar-refractivity contribution < 1.29 is 4.42 Å². The summed E-state index contributed by atoms with van der Waals surface area (Å²) in [5, 5.41) is 7.52. The van der Waals surface area contributed by atoms with E-state index in [0.717, 1.165) is 23.2 Å². The molecule has 0 fully saturated rings. The number of benzene rings is 1. The molecule has 19 heavy (non-hydrogen) atoms. The second-order valence-corrected chi connectivity index (χ2v) is 4.77. The maximum Gasteiger partial charge on any atom is 0.295 e. The van der Waals surface area contributed by atoms with E-state index in [1.807, 2.05) is 48.3 Å². The van der Waals surface area contributed by atoms with E-state index < -0.39 is 0 Å². The smallest absolute Gasteiger partial charge is 0.295 e. The van der Waals surface area contributed by atoms with E-state index in [1.54, 1.807) is 0 Å². The zero-order valence-corrected chi connectivity index (χ0v) is 11.0. The Bertz CT molecular complexity index is 652. The molecule has 3 rings (SSSR count). The second-order valence-electron chi connectivity index (χ2n) is 4.77. The normalized spacial score (nSPS) is 12.7. The minimum Gasteiger partial charge on any atom is -0.424 e. The van der Waals surface area contributed by atoms with Gasteiger partial charge in [-0.1, -0.05) is 12.1 Å². The van der Waals surface area contributed by atoms with E-state index in [2.05, 4.69) is 22.3 Å². The van der Waals surface area contributed by atoms with Gasteiger partial charge in [0.25, 0.3) is 6.01 Å². The lowest BCUT2D eigenvalue weighted by molar-refractivity contribution is 0.535. The molecule has 0 aliphatic heterocycles. The van der Waals surface area contributed by atoms with E-state index in [0.29, 0.717) is 6.01 Å². The molecular formula is C14H16N4O. The number of anilines is 1. The standard InChI is InChI=1S/C14H16N4O/c1-10-7-15-18(8-10)9-11(2)16-14-17-12-5-3-4-6-13(12)19-14/h3-8,11H,9H2,1-2H3,(H,16,17)/t11-/m0/s1. The number of nitrogens with zero attached hydrogens (tertiary/aromatic N) is 3. The summed E-state index contributed by atoms with van der Waals surface area (Å²) in [5.74, 6) is 0. The maximum atomic E-state index is 5.63. The molecule has 98 valence electrons. The molecule has 0 unspecified atom stereocenters. The molecular weight excluding hydrogens is 240 g/mol. The van der Waals surface area contributed by atoms with Crippen molar-refractivity contribution in [1.29, 1.82) is 0 Å². The summed E-state index contributed by atoms with van der Waals surface area (Å²) in [7, 11) is 0. The van der Waals surface area contributed by atoms with Gasteiger partial charge in [-0.2, -0.15) is 10.1 Å². The number of fused-ring (bicyclic) bond motifs is 1. The quantitative estimate of drug-likeness (QED) is 0.779. The first kappa shape index (κ1) is 11.8. The van der Waals surface area contributed by atoms with Gasteiger partial charge in [-0.15, -0.1) is 0 Å². The van der Waals surface area contributed by atoms with Crippen molar-refractivity contribution in [3.63, 3.8) is 0 Å². The highest BCUT2D eigenvalue weighted by Gasteiger charge is 2.09. The van der Waals surface area contributed by atoms with Gasteiger partial charge < -0.3 is 9.73 Å². The average Bonchev–Trinajstić information content (AvgIpc) is 2.94. The zero-order valence-electron chi connectivity index (χ0n) is 11.0. The monoisotopic (exact) mass is 256 g/mol. The summed E-state index contributed by atoms with van der Waals surface area (Å²) in [6.07, 6.45) is 3.87. The first-order valence-corrected chi connectivity index (χ1v) is 6.32. The fraction of sp³-hybridized carbons (Fsp3) is 0.286. The van der Waals surface area contributed by atoms with E-state index in [-0.39, 0.29) is 6.04 Å². The Morgan fingerprint density at radius 3 is 2.95 bits per heavy atom. The number of aryl methyl sites for hydroxylation is 1. The van der Waals surface area contributed by atoms with Crippen LogP contribution in [0.3, 0.4) is 0 Å². The predicted molar refractivity (Wildman–Crippen MR) is 74.1 cm³/mol. The molecule has 1 aromatic carbocycles. The van der Waals surface area contributed by atoms with Crippen LogP contribution < -0.4 is 5.32 Å². The number of rotatable bonds is 4. The molecule has 0 aliphatic carbocycles. The molecule has 5 nitrogen and oxygen atoms in total. The van der Waals surface area contributed by atoms with Crippen LogP contribution in [0.5, 0.6) is 0 Å². The van der Waals surface area contributed by atoms with Gasteiger partial charge in [0.15, 0.2) is 5.58 Å². The molecule has 0 radical (unpaired) electrons. The van der Waals surface area contributed by atoms with Gasteiger partial charge in [-0.25, -0.2) is 0 Å². The lowest BCUT2D eigenvalue weighted by Crippen LogP contribution is -2.22. The van der Waals surface area contributed by atoms with Crippen LogP contribution in [-0.2, 0) is 6.54 Å². The molecule has 0 saturated carbocycles. The third-order valence-electron chi connectivity index (χ3n) is 2.89. The molecule has 0 aliphatic rings. The Labute approximate surface area is 111 Å². The van der Waals surface area contributed by atoms with Crippen molar-refractivity contribution in [1.82, 2.24) is 14.8 Å². The predicted octanol–water partition coefficient (Wildman–Crippen LogP) is 2.83. The SMILES string of the molecule is Cc1cnn(C[C@H](C)Nc2nc3ccccc3o2)c1. The molecule has 2 aromatic heterocycles. The largest absolute Gasteiger partial charge is 0.424 e. The van der Waals surface area contributed by atoms with E-state index in [4.69, 9.17) is 4.42 Å². The van der Waals surface area contributed by atoms with E-state index in [9.17, 15) is 0 Å². The number of aromatic nitrogens is 3. The summed E-state index contributed by atoms with van der Waals surface area (Å²) >= 11 is 0. The Hall–Kier alpha value is -2.30. The number of oxazole rings is 1. The first-order chi connectivity index (χ1) is 9.20. The van der Waals surface area contributed by atoms with Crippen molar-refractivity contribution in [2.75, 3.05) is 5.32 Å². The van der Waals surface area contributed by atoms with Crippen LogP contribution >= 0.6 is 0 Å². The topological polar surface area (TPSA) is 55.9 Å². The van der Waals surface area contributed by atoms with Crippen molar-refractivity contribution >= 4 is 17.1 Å². The summed E-state index contributed by atoms with van der Waals surface area (Å²) < 4.78 is 7.54. The van der Waals surface area contributed by atoms with Crippen molar-refractivity contribution in [3.05, 3.63) is 42.2 Å². The van der Waals surface area contributed by atoms with Gasteiger partial charge in [0.2, 0.25) is 0 Å². The van der Waals surface area contributed by atoms with Crippen LogP contribution in [-0.4, -0.2) is 20.8 Å². The van der Waals surface area contributed by atoms with Gasteiger partial charge in [0, 0.05) is 12.2 Å². The van der Waals surface area contributed by atoms with Crippen LogP contribution in [0.2, 0.25) is 0 Å². The van der Waals surface area contributed by atoms with Gasteiger partial charge in [-0.05, 0) is 31.5 Å². The molecule has 0 amide bonds. The summed E-state index contributed by atoms with van der Waals surface area (Å²) in [5.41, 5.74) is 2.83. The first-order valence-electron chi connectivity index (χ1n) is 6.32. The highest BCUT2D eigenvalue weighted by atomic mass is 16.4. The van der Waals surface area contributed by atoms with Crippen LogP contribution in [0.15, 0.2) is 41.1 Å². The van der Waals surface area contributed by atoms with Crippen LogP contribution in [0.1, 0.15) is 12.5 Å². The lowest BCUT2D eigenvalue weighted by atomic mass is 10.3. The Morgan fingerprint density at radius 2 is 2.21 bits per heavy atom. The van der Waals surface area contributed by atoms with Crippen LogP contribution in [0, 0.1) is 6.92 Å². The lowest BCUT2D eigenvalue weighted by Gasteiger charge is -2.11. The van der Waals surface area contributed by atoms with Crippen LogP contribution in [0.25, 0.3) is 11.1 Å². The molecule has 0 spiro atoms. The Kier molecular flexibility index (Phi) is 2.95. The molecule has 1 atom stereocenters. The van der Waals surface area contributed by atoms with Gasteiger partial charge in [0.05, 0.1) is 12.7 Å². The van der Waals surface area contributed by atoms with Gasteiger partial charge >= 0.3 is 0 Å². The number of hydrogen-bond donors (Lipinski definition) is 1. The maximum absolute atomic E-state index is 5.63. The molecule has 5 heteroatoms. The van der Waals surface area contributed by atoms with Crippen molar-refractivity contribution in [3.8, 4) is 0 Å². The minimum absolute atomic E-state index is 0.187. The molecule has 2 heterocycles. The second kappa shape index (κ2) is 4.76. The zero-order chi connectivity index (χ0) is 13.2. The molecule has 1 N–H and O–H groups in total. The Morgan fingerprint density at radius 1 is 1.37 bits per heavy atom. The highest BCUT2D eigenvalue weighted by Crippen LogP contribution is 2.18. The number of nitrogens with one attached hydrogen (secondary N) is 1. The molecule has 0 bridgehead atoms. The molecule has 3 aromatic rings. The third kappa shape index (κ3) is 2.59. The fourth-order valence-corrected chi connectivity index (χ4v) is 2.04. The highest BCUT2D eigenvalue weighted by molar-refractivity contribution is 5.74. The Balaban J connectivity index is 1.70. The fourth-order valence-electron chi connectivity index (χ4n) is 2.04. The summed E-state index contributed by atoms with van der Waals surface area (Å²) in [6.45, 7) is 4.88. The van der Waals surface area contributed by atoms with Gasteiger partial charge in [-0.3, -0.25) is 4.68 Å². The van der Waals surface area contributed by atoms with Crippen LogP contribution in [0.4, 0.5) is 6.01 Å². The number of hydrogen-bond acceptors (Lipinski definition) is 4. The molecule has 0 saturated heterocycles. The third-order valence-corrected chi connectivity index (χ3v) is 2.89. The van der Waals surface area contributed by atoms with Crippen molar-refractivity contribution in [2.24, 2.45) is 0 Å².